The zero-order valence-corrected chi connectivity index (χ0v) is 11.9. The molecule has 19 heavy (non-hydrogen) atoms. The zero-order valence-electron chi connectivity index (χ0n) is 11.9. The van der Waals surface area contributed by atoms with Crippen molar-refractivity contribution in [3.8, 4) is 0 Å². The van der Waals surface area contributed by atoms with Crippen molar-refractivity contribution in [1.29, 1.82) is 0 Å². The minimum Gasteiger partial charge on any atom is -0.376 e. The lowest BCUT2D eigenvalue weighted by Gasteiger charge is -2.19. The minimum absolute atomic E-state index is 0.0583. The quantitative estimate of drug-likeness (QED) is 0.884. The molecule has 0 aliphatic carbocycles. The van der Waals surface area contributed by atoms with E-state index in [-0.39, 0.29) is 18.1 Å². The van der Waals surface area contributed by atoms with Crippen LogP contribution in [-0.2, 0) is 16.0 Å². The Morgan fingerprint density at radius 1 is 1.53 bits per heavy atom. The van der Waals surface area contributed by atoms with Crippen molar-refractivity contribution in [2.24, 2.45) is 0 Å². The first-order chi connectivity index (χ1) is 9.08. The number of rotatable bonds is 5. The van der Waals surface area contributed by atoms with Crippen LogP contribution in [0, 0.1) is 13.8 Å². The van der Waals surface area contributed by atoms with E-state index in [0.29, 0.717) is 12.8 Å². The van der Waals surface area contributed by atoms with E-state index in [2.05, 4.69) is 10.5 Å². The Morgan fingerprint density at radius 2 is 2.32 bits per heavy atom. The van der Waals surface area contributed by atoms with Crippen molar-refractivity contribution in [2.45, 2.75) is 58.6 Å². The van der Waals surface area contributed by atoms with Gasteiger partial charge >= 0.3 is 0 Å². The number of nitrogens with zero attached hydrogens (tertiary/aromatic N) is 1. The van der Waals surface area contributed by atoms with E-state index in [1.54, 1.807) is 0 Å². The molecule has 2 atom stereocenters. The summed E-state index contributed by atoms with van der Waals surface area (Å²) in [5.74, 6) is 0.862. The Labute approximate surface area is 113 Å². The summed E-state index contributed by atoms with van der Waals surface area (Å²) in [5.41, 5.74) is 1.91. The number of carbonyl (C=O) groups excluding carboxylic acids is 1. The van der Waals surface area contributed by atoms with Gasteiger partial charge in [-0.05, 0) is 40.0 Å². The van der Waals surface area contributed by atoms with Crippen LogP contribution >= 0.6 is 0 Å². The van der Waals surface area contributed by atoms with Gasteiger partial charge in [-0.25, -0.2) is 0 Å². The van der Waals surface area contributed by atoms with Gasteiger partial charge in [-0.2, -0.15) is 0 Å². The van der Waals surface area contributed by atoms with E-state index in [1.165, 1.54) is 0 Å². The van der Waals surface area contributed by atoms with Gasteiger partial charge in [0.2, 0.25) is 5.91 Å². The molecule has 0 unspecified atom stereocenters. The van der Waals surface area contributed by atoms with Crippen LogP contribution in [0.3, 0.4) is 0 Å². The smallest absolute Gasteiger partial charge is 0.220 e. The highest BCUT2D eigenvalue weighted by molar-refractivity contribution is 5.76. The van der Waals surface area contributed by atoms with Gasteiger partial charge in [0.15, 0.2) is 0 Å². The third-order valence-electron chi connectivity index (χ3n) is 3.69. The largest absolute Gasteiger partial charge is 0.376 e. The summed E-state index contributed by atoms with van der Waals surface area (Å²) in [4.78, 5) is 11.9. The predicted octanol–water partition coefficient (Wildman–Crippen LogP) is 1.91. The summed E-state index contributed by atoms with van der Waals surface area (Å²) in [6.45, 7) is 6.59. The molecule has 1 fully saturated rings. The third-order valence-corrected chi connectivity index (χ3v) is 3.69. The second kappa shape index (κ2) is 6.19. The molecule has 0 saturated carbocycles. The Balaban J connectivity index is 1.78. The van der Waals surface area contributed by atoms with Crippen LogP contribution in [0.4, 0.5) is 0 Å². The maximum absolute atomic E-state index is 11.9. The van der Waals surface area contributed by atoms with Gasteiger partial charge in [0.05, 0.1) is 17.8 Å². The zero-order chi connectivity index (χ0) is 13.8. The van der Waals surface area contributed by atoms with Gasteiger partial charge in [0, 0.05) is 18.6 Å². The molecule has 5 heteroatoms. The molecule has 2 heterocycles. The lowest BCUT2D eigenvalue weighted by Crippen LogP contribution is -2.40. The van der Waals surface area contributed by atoms with Crippen LogP contribution < -0.4 is 5.32 Å². The maximum Gasteiger partial charge on any atom is 0.220 e. The second-order valence-electron chi connectivity index (χ2n) is 5.21. The molecule has 1 N–H and O–H groups in total. The first kappa shape index (κ1) is 14.1. The van der Waals surface area contributed by atoms with Crippen LogP contribution in [0.1, 0.15) is 43.2 Å². The molecule has 1 saturated heterocycles. The molecule has 1 aromatic heterocycles. The number of nitrogens with one attached hydrogen (secondary N) is 1. The topological polar surface area (TPSA) is 64.4 Å². The average molecular weight is 266 g/mol. The summed E-state index contributed by atoms with van der Waals surface area (Å²) in [6.07, 6.45) is 3.42. The van der Waals surface area contributed by atoms with Gasteiger partial charge in [-0.15, -0.1) is 0 Å². The average Bonchev–Trinajstić information content (AvgIpc) is 2.98. The van der Waals surface area contributed by atoms with Crippen molar-refractivity contribution in [2.75, 3.05) is 6.61 Å². The number of aryl methyl sites for hydroxylation is 2. The highest BCUT2D eigenvalue weighted by Gasteiger charge is 2.23. The number of carbonyl (C=O) groups is 1. The lowest BCUT2D eigenvalue weighted by molar-refractivity contribution is -0.122. The fourth-order valence-electron chi connectivity index (χ4n) is 2.51. The van der Waals surface area contributed by atoms with E-state index in [0.717, 1.165) is 36.5 Å². The van der Waals surface area contributed by atoms with Crippen LogP contribution in [0.15, 0.2) is 4.52 Å². The Hall–Kier alpha value is -1.36. The molecule has 1 aliphatic heterocycles. The van der Waals surface area contributed by atoms with Gasteiger partial charge in [0.25, 0.3) is 0 Å². The lowest BCUT2D eigenvalue weighted by atomic mass is 10.1. The van der Waals surface area contributed by atoms with Crippen molar-refractivity contribution in [1.82, 2.24) is 10.5 Å². The number of aromatic nitrogens is 1. The van der Waals surface area contributed by atoms with Crippen LogP contribution in [0.25, 0.3) is 0 Å². The highest BCUT2D eigenvalue weighted by Crippen LogP contribution is 2.16. The van der Waals surface area contributed by atoms with E-state index >= 15 is 0 Å². The maximum atomic E-state index is 11.9. The van der Waals surface area contributed by atoms with Crippen molar-refractivity contribution in [3.63, 3.8) is 0 Å². The molecule has 1 aromatic rings. The Kier molecular flexibility index (Phi) is 4.58. The summed E-state index contributed by atoms with van der Waals surface area (Å²) >= 11 is 0. The van der Waals surface area contributed by atoms with E-state index in [4.69, 9.17) is 9.26 Å². The van der Waals surface area contributed by atoms with Gasteiger partial charge < -0.3 is 14.6 Å². The molecule has 1 aliphatic rings. The predicted molar refractivity (Wildman–Crippen MR) is 70.9 cm³/mol. The summed E-state index contributed by atoms with van der Waals surface area (Å²) in [6, 6.07) is 0.0830. The highest BCUT2D eigenvalue weighted by atomic mass is 16.5. The van der Waals surface area contributed by atoms with E-state index < -0.39 is 0 Å². The molecule has 2 rings (SSSR count). The molecule has 1 amide bonds. The Morgan fingerprint density at radius 3 is 2.89 bits per heavy atom. The minimum atomic E-state index is 0.0583. The summed E-state index contributed by atoms with van der Waals surface area (Å²) in [5, 5.41) is 6.90. The molecule has 0 aromatic carbocycles. The van der Waals surface area contributed by atoms with Crippen molar-refractivity contribution in [3.05, 3.63) is 17.0 Å². The van der Waals surface area contributed by atoms with Crippen molar-refractivity contribution < 1.29 is 14.1 Å². The fraction of sp³-hybridized carbons (Fsp3) is 0.714. The second-order valence-corrected chi connectivity index (χ2v) is 5.21. The normalized spacial score (nSPS) is 20.5. The first-order valence-electron chi connectivity index (χ1n) is 6.90. The van der Waals surface area contributed by atoms with Gasteiger partial charge in [-0.3, -0.25) is 4.79 Å². The monoisotopic (exact) mass is 266 g/mol. The van der Waals surface area contributed by atoms with Gasteiger partial charge in [0.1, 0.15) is 5.76 Å². The summed E-state index contributed by atoms with van der Waals surface area (Å²) < 4.78 is 10.7. The third kappa shape index (κ3) is 3.56. The number of hydrogen-bond donors (Lipinski definition) is 1. The molecule has 0 radical (unpaired) electrons. The number of amides is 1. The van der Waals surface area contributed by atoms with Crippen LogP contribution in [0.5, 0.6) is 0 Å². The van der Waals surface area contributed by atoms with Crippen LogP contribution in [-0.4, -0.2) is 29.8 Å². The molecule has 106 valence electrons. The first-order valence-corrected chi connectivity index (χ1v) is 6.90. The van der Waals surface area contributed by atoms with E-state index in [9.17, 15) is 4.79 Å². The Bertz CT molecular complexity index is 416. The molecule has 0 spiro atoms. The van der Waals surface area contributed by atoms with E-state index in [1.807, 2.05) is 20.8 Å². The molecular weight excluding hydrogens is 244 g/mol. The SMILES string of the molecule is Cc1noc(C)c1CCC(=O)N[C@@H](C)[C@@H]1CCCO1. The molecule has 0 bridgehead atoms. The van der Waals surface area contributed by atoms with Crippen LogP contribution in [0.2, 0.25) is 0 Å². The molecular formula is C14H22N2O3. The number of ether oxygens (including phenoxy) is 1. The van der Waals surface area contributed by atoms with Crippen molar-refractivity contribution >= 4 is 5.91 Å². The molecule has 5 nitrogen and oxygen atoms in total. The number of hydrogen-bond acceptors (Lipinski definition) is 4. The summed E-state index contributed by atoms with van der Waals surface area (Å²) in [7, 11) is 0. The van der Waals surface area contributed by atoms with Gasteiger partial charge in [-0.1, -0.05) is 5.16 Å². The standard InChI is InChI=1S/C14H22N2O3/c1-9-12(11(3)19-16-9)6-7-14(17)15-10(2)13-5-4-8-18-13/h10,13H,4-8H2,1-3H3,(H,15,17)/t10-,13-/m0/s1. The fourth-order valence-corrected chi connectivity index (χ4v) is 2.51.